The lowest BCUT2D eigenvalue weighted by molar-refractivity contribution is -0.115. The molecule has 0 radical (unpaired) electrons. The van der Waals surface area contributed by atoms with Gasteiger partial charge in [0.05, 0.1) is 6.54 Å². The smallest absolute Gasteiger partial charge is 0.238 e. The van der Waals surface area contributed by atoms with E-state index >= 15 is 0 Å². The number of nitrogens with one attached hydrogen (secondary N) is 2. The average Bonchev–Trinajstić information content (AvgIpc) is 2.46. The molecule has 0 unspecified atom stereocenters. The SMILES string of the molecule is CSC1CCC(NCC(=O)Nc2cccc(C)c2)CC1. The van der Waals surface area contributed by atoms with Gasteiger partial charge in [0.25, 0.3) is 0 Å². The highest BCUT2D eigenvalue weighted by Crippen LogP contribution is 2.26. The van der Waals surface area contributed by atoms with Crippen LogP contribution in [0.4, 0.5) is 5.69 Å². The molecule has 1 aliphatic carbocycles. The summed E-state index contributed by atoms with van der Waals surface area (Å²) < 4.78 is 0. The Kier molecular flexibility index (Phi) is 5.92. The second-order valence-electron chi connectivity index (χ2n) is 5.51. The zero-order chi connectivity index (χ0) is 14.4. The van der Waals surface area contributed by atoms with Crippen molar-refractivity contribution in [1.29, 1.82) is 0 Å². The average molecular weight is 292 g/mol. The lowest BCUT2D eigenvalue weighted by Gasteiger charge is -2.27. The molecule has 1 saturated carbocycles. The van der Waals surface area contributed by atoms with E-state index in [1.54, 1.807) is 0 Å². The third-order valence-electron chi connectivity index (χ3n) is 3.86. The molecule has 110 valence electrons. The van der Waals surface area contributed by atoms with Crippen molar-refractivity contribution in [2.75, 3.05) is 18.1 Å². The molecular formula is C16H24N2OS. The van der Waals surface area contributed by atoms with Gasteiger partial charge in [0.15, 0.2) is 0 Å². The highest BCUT2D eigenvalue weighted by Gasteiger charge is 2.20. The van der Waals surface area contributed by atoms with Gasteiger partial charge in [-0.15, -0.1) is 0 Å². The summed E-state index contributed by atoms with van der Waals surface area (Å²) in [5.41, 5.74) is 2.04. The van der Waals surface area contributed by atoms with Crippen molar-refractivity contribution in [3.05, 3.63) is 29.8 Å². The Morgan fingerprint density at radius 2 is 2.05 bits per heavy atom. The quantitative estimate of drug-likeness (QED) is 0.875. The first-order chi connectivity index (χ1) is 9.67. The molecule has 1 fully saturated rings. The molecule has 0 bridgehead atoms. The van der Waals surface area contributed by atoms with Gasteiger partial charge < -0.3 is 10.6 Å². The van der Waals surface area contributed by atoms with Crippen LogP contribution in [0.1, 0.15) is 31.2 Å². The number of rotatable bonds is 5. The molecule has 0 heterocycles. The van der Waals surface area contributed by atoms with E-state index in [-0.39, 0.29) is 5.91 Å². The van der Waals surface area contributed by atoms with E-state index in [4.69, 9.17) is 0 Å². The van der Waals surface area contributed by atoms with Crippen LogP contribution < -0.4 is 10.6 Å². The van der Waals surface area contributed by atoms with E-state index in [9.17, 15) is 4.79 Å². The van der Waals surface area contributed by atoms with Crippen molar-refractivity contribution in [1.82, 2.24) is 5.32 Å². The zero-order valence-electron chi connectivity index (χ0n) is 12.3. The van der Waals surface area contributed by atoms with Gasteiger partial charge in [0.1, 0.15) is 0 Å². The number of amides is 1. The summed E-state index contributed by atoms with van der Waals surface area (Å²) in [5.74, 6) is 0.0441. The minimum Gasteiger partial charge on any atom is -0.325 e. The molecule has 1 amide bonds. The monoisotopic (exact) mass is 292 g/mol. The van der Waals surface area contributed by atoms with Crippen molar-refractivity contribution in [2.24, 2.45) is 0 Å². The molecule has 2 N–H and O–H groups in total. The van der Waals surface area contributed by atoms with Crippen LogP contribution in [0.2, 0.25) is 0 Å². The molecule has 1 aromatic carbocycles. The Morgan fingerprint density at radius 1 is 1.30 bits per heavy atom. The van der Waals surface area contributed by atoms with Gasteiger partial charge in [-0.25, -0.2) is 0 Å². The van der Waals surface area contributed by atoms with Gasteiger partial charge in [0.2, 0.25) is 5.91 Å². The van der Waals surface area contributed by atoms with Crippen LogP contribution >= 0.6 is 11.8 Å². The van der Waals surface area contributed by atoms with Gasteiger partial charge in [-0.3, -0.25) is 4.79 Å². The normalized spacial score (nSPS) is 22.5. The number of anilines is 1. The molecule has 0 aliphatic heterocycles. The van der Waals surface area contributed by atoms with Crippen LogP contribution in [-0.2, 0) is 4.79 Å². The van der Waals surface area contributed by atoms with E-state index < -0.39 is 0 Å². The highest BCUT2D eigenvalue weighted by molar-refractivity contribution is 7.99. The molecule has 1 aromatic rings. The topological polar surface area (TPSA) is 41.1 Å². The summed E-state index contributed by atoms with van der Waals surface area (Å²) in [6.45, 7) is 2.43. The maximum Gasteiger partial charge on any atom is 0.238 e. The Bertz CT molecular complexity index is 442. The fourth-order valence-electron chi connectivity index (χ4n) is 2.67. The van der Waals surface area contributed by atoms with E-state index in [1.165, 1.54) is 25.7 Å². The summed E-state index contributed by atoms with van der Waals surface area (Å²) in [6, 6.07) is 8.40. The van der Waals surface area contributed by atoms with Crippen LogP contribution in [-0.4, -0.2) is 30.0 Å². The second-order valence-corrected chi connectivity index (χ2v) is 6.65. The van der Waals surface area contributed by atoms with Gasteiger partial charge in [-0.05, 0) is 56.6 Å². The second kappa shape index (κ2) is 7.70. The Hall–Kier alpha value is -1.00. The maximum absolute atomic E-state index is 11.9. The fourth-order valence-corrected chi connectivity index (χ4v) is 3.41. The van der Waals surface area contributed by atoms with Crippen LogP contribution in [0.5, 0.6) is 0 Å². The van der Waals surface area contributed by atoms with Crippen molar-refractivity contribution in [2.45, 2.75) is 43.9 Å². The molecule has 0 aromatic heterocycles. The first-order valence-corrected chi connectivity index (χ1v) is 8.59. The summed E-state index contributed by atoms with van der Waals surface area (Å²) >= 11 is 1.97. The lowest BCUT2D eigenvalue weighted by Crippen LogP contribution is -2.38. The van der Waals surface area contributed by atoms with Gasteiger partial charge in [-0.1, -0.05) is 12.1 Å². The van der Waals surface area contributed by atoms with Gasteiger partial charge >= 0.3 is 0 Å². The minimum absolute atomic E-state index is 0.0441. The van der Waals surface area contributed by atoms with Crippen LogP contribution in [0.3, 0.4) is 0 Å². The fraction of sp³-hybridized carbons (Fsp3) is 0.562. The summed E-state index contributed by atoms with van der Waals surface area (Å²) in [6.07, 6.45) is 7.08. The first-order valence-electron chi connectivity index (χ1n) is 7.30. The summed E-state index contributed by atoms with van der Waals surface area (Å²) in [5, 5.41) is 7.13. The number of carbonyl (C=O) groups excluding carboxylic acids is 1. The number of carbonyl (C=O) groups is 1. The Labute approximate surface area is 125 Å². The van der Waals surface area contributed by atoms with Crippen molar-refractivity contribution >= 4 is 23.4 Å². The van der Waals surface area contributed by atoms with Crippen molar-refractivity contribution in [3.63, 3.8) is 0 Å². The third-order valence-corrected chi connectivity index (χ3v) is 5.00. The lowest BCUT2D eigenvalue weighted by atomic mass is 9.95. The molecule has 0 saturated heterocycles. The largest absolute Gasteiger partial charge is 0.325 e. The summed E-state index contributed by atoms with van der Waals surface area (Å²) in [7, 11) is 0. The molecule has 0 spiro atoms. The zero-order valence-corrected chi connectivity index (χ0v) is 13.1. The molecular weight excluding hydrogens is 268 g/mol. The van der Waals surface area contributed by atoms with E-state index in [0.29, 0.717) is 12.6 Å². The molecule has 20 heavy (non-hydrogen) atoms. The maximum atomic E-state index is 11.9. The third kappa shape index (κ3) is 4.84. The Morgan fingerprint density at radius 3 is 2.70 bits per heavy atom. The van der Waals surface area contributed by atoms with E-state index in [2.05, 4.69) is 16.9 Å². The van der Waals surface area contributed by atoms with Crippen LogP contribution in [0.15, 0.2) is 24.3 Å². The molecule has 0 atom stereocenters. The van der Waals surface area contributed by atoms with Crippen LogP contribution in [0.25, 0.3) is 0 Å². The standard InChI is InChI=1S/C16H24N2OS/c1-12-4-3-5-14(10-12)18-16(19)11-17-13-6-8-15(20-2)9-7-13/h3-5,10,13,15,17H,6-9,11H2,1-2H3,(H,18,19). The Balaban J connectivity index is 1.70. The molecule has 3 nitrogen and oxygen atoms in total. The summed E-state index contributed by atoms with van der Waals surface area (Å²) in [4.78, 5) is 11.9. The highest BCUT2D eigenvalue weighted by atomic mass is 32.2. The van der Waals surface area contributed by atoms with Gasteiger partial charge in [-0.2, -0.15) is 11.8 Å². The molecule has 2 rings (SSSR count). The number of hydrogen-bond donors (Lipinski definition) is 2. The van der Waals surface area contributed by atoms with E-state index in [1.807, 2.05) is 43.0 Å². The predicted molar refractivity (Wildman–Crippen MR) is 87.4 cm³/mol. The van der Waals surface area contributed by atoms with Crippen LogP contribution in [0, 0.1) is 6.92 Å². The number of aryl methyl sites for hydroxylation is 1. The number of hydrogen-bond acceptors (Lipinski definition) is 3. The van der Waals surface area contributed by atoms with Crippen molar-refractivity contribution < 1.29 is 4.79 Å². The predicted octanol–water partition coefficient (Wildman–Crippen LogP) is 3.20. The molecule has 1 aliphatic rings. The van der Waals surface area contributed by atoms with Gasteiger partial charge in [0, 0.05) is 17.0 Å². The number of thioether (sulfide) groups is 1. The minimum atomic E-state index is 0.0441. The van der Waals surface area contributed by atoms with E-state index in [0.717, 1.165) is 16.5 Å². The molecule has 4 heteroatoms. The first kappa shape index (κ1) is 15.4. The van der Waals surface area contributed by atoms with Crippen molar-refractivity contribution in [3.8, 4) is 0 Å². The number of benzene rings is 1.